The van der Waals surface area contributed by atoms with Crippen molar-refractivity contribution in [3.63, 3.8) is 0 Å². The SMILES string of the molecule is CC(C)(C)OC(=O)N1CC(I)(C(=O)O)C1. The molecule has 1 rings (SSSR count). The lowest BCUT2D eigenvalue weighted by molar-refractivity contribution is -0.143. The minimum absolute atomic E-state index is 0.206. The van der Waals surface area contributed by atoms with Crippen LogP contribution in [0.4, 0.5) is 4.79 Å². The van der Waals surface area contributed by atoms with E-state index >= 15 is 0 Å². The van der Waals surface area contributed by atoms with E-state index in [9.17, 15) is 9.59 Å². The first-order chi connectivity index (χ1) is 6.64. The van der Waals surface area contributed by atoms with E-state index in [1.165, 1.54) is 4.90 Å². The largest absolute Gasteiger partial charge is 0.480 e. The average Bonchev–Trinajstić information content (AvgIpc) is 1.94. The number of ether oxygens (including phenoxy) is 1. The number of likely N-dealkylation sites (tertiary alicyclic amines) is 1. The number of carbonyl (C=O) groups excluding carboxylic acids is 1. The summed E-state index contributed by atoms with van der Waals surface area (Å²) in [6.45, 7) is 5.74. The molecule has 0 saturated carbocycles. The molecule has 1 aliphatic heterocycles. The normalized spacial score (nSPS) is 19.3. The van der Waals surface area contributed by atoms with E-state index in [2.05, 4.69) is 0 Å². The van der Waals surface area contributed by atoms with Gasteiger partial charge in [0.05, 0.1) is 13.1 Å². The third kappa shape index (κ3) is 2.96. The highest BCUT2D eigenvalue weighted by Gasteiger charge is 2.50. The molecule has 1 saturated heterocycles. The second-order valence-electron chi connectivity index (χ2n) is 4.61. The molecule has 0 atom stereocenters. The highest BCUT2D eigenvalue weighted by molar-refractivity contribution is 14.1. The van der Waals surface area contributed by atoms with Crippen molar-refractivity contribution in [2.75, 3.05) is 13.1 Å². The van der Waals surface area contributed by atoms with Crippen molar-refractivity contribution in [3.8, 4) is 0 Å². The molecule has 1 N–H and O–H groups in total. The molecule has 0 aromatic heterocycles. The van der Waals surface area contributed by atoms with E-state index in [-0.39, 0.29) is 13.1 Å². The molecule has 0 aliphatic carbocycles. The number of aliphatic carboxylic acids is 1. The quantitative estimate of drug-likeness (QED) is 0.585. The summed E-state index contributed by atoms with van der Waals surface area (Å²) in [4.78, 5) is 23.6. The molecular weight excluding hydrogens is 313 g/mol. The summed E-state index contributed by atoms with van der Waals surface area (Å²) >= 11 is 1.85. The molecule has 1 fully saturated rings. The Bertz CT molecular complexity index is 291. The van der Waals surface area contributed by atoms with Crippen molar-refractivity contribution in [1.82, 2.24) is 4.90 Å². The molecule has 0 spiro atoms. The summed E-state index contributed by atoms with van der Waals surface area (Å²) in [6.07, 6.45) is -0.448. The topological polar surface area (TPSA) is 66.8 Å². The molecule has 1 aliphatic rings. The van der Waals surface area contributed by atoms with Crippen LogP contribution in [0.2, 0.25) is 0 Å². The van der Waals surface area contributed by atoms with Crippen LogP contribution in [0.1, 0.15) is 20.8 Å². The van der Waals surface area contributed by atoms with Crippen LogP contribution in [0.5, 0.6) is 0 Å². The predicted octanol–water partition coefficient (Wildman–Crippen LogP) is 1.50. The summed E-state index contributed by atoms with van der Waals surface area (Å²) in [5.74, 6) is -0.886. The van der Waals surface area contributed by atoms with Crippen molar-refractivity contribution in [3.05, 3.63) is 0 Å². The van der Waals surface area contributed by atoms with Crippen LogP contribution in [0.3, 0.4) is 0 Å². The number of nitrogens with zero attached hydrogens (tertiary/aromatic N) is 1. The number of carboxylic acid groups (broad SMARTS) is 1. The van der Waals surface area contributed by atoms with E-state index in [4.69, 9.17) is 9.84 Å². The fraction of sp³-hybridized carbons (Fsp3) is 0.778. The van der Waals surface area contributed by atoms with Gasteiger partial charge in [0.1, 0.15) is 5.60 Å². The van der Waals surface area contributed by atoms with Gasteiger partial charge in [-0.1, -0.05) is 22.6 Å². The molecule has 0 aromatic rings. The van der Waals surface area contributed by atoms with Gasteiger partial charge in [-0.25, -0.2) is 4.79 Å². The zero-order valence-corrected chi connectivity index (χ0v) is 11.1. The number of hydrogen-bond acceptors (Lipinski definition) is 3. The van der Waals surface area contributed by atoms with Crippen LogP contribution in [0.15, 0.2) is 0 Å². The number of rotatable bonds is 1. The van der Waals surface area contributed by atoms with Crippen LogP contribution in [-0.4, -0.2) is 44.2 Å². The Morgan fingerprint density at radius 1 is 1.40 bits per heavy atom. The minimum atomic E-state index is -0.886. The predicted molar refractivity (Wildman–Crippen MR) is 62.2 cm³/mol. The minimum Gasteiger partial charge on any atom is -0.480 e. The summed E-state index contributed by atoms with van der Waals surface area (Å²) in [5.41, 5.74) is -0.538. The van der Waals surface area contributed by atoms with Crippen LogP contribution in [0, 0.1) is 0 Å². The van der Waals surface area contributed by atoms with Crippen molar-refractivity contribution in [2.45, 2.75) is 29.8 Å². The molecule has 5 nitrogen and oxygen atoms in total. The van der Waals surface area contributed by atoms with Crippen molar-refractivity contribution >= 4 is 34.7 Å². The molecule has 0 bridgehead atoms. The highest BCUT2D eigenvalue weighted by Crippen LogP contribution is 2.32. The summed E-state index contributed by atoms with van der Waals surface area (Å²) in [7, 11) is 0. The molecular formula is C9H14INO4. The first-order valence-corrected chi connectivity index (χ1v) is 5.62. The third-order valence-corrected chi connectivity index (χ3v) is 3.06. The maximum Gasteiger partial charge on any atom is 0.410 e. The second kappa shape index (κ2) is 3.80. The molecule has 15 heavy (non-hydrogen) atoms. The maximum atomic E-state index is 11.5. The summed E-state index contributed by atoms with van der Waals surface area (Å²) < 4.78 is 4.27. The van der Waals surface area contributed by atoms with E-state index in [1.807, 2.05) is 22.6 Å². The lowest BCUT2D eigenvalue weighted by Crippen LogP contribution is -2.64. The van der Waals surface area contributed by atoms with E-state index < -0.39 is 21.1 Å². The van der Waals surface area contributed by atoms with Crippen LogP contribution in [0.25, 0.3) is 0 Å². The molecule has 0 aromatic carbocycles. The smallest absolute Gasteiger partial charge is 0.410 e. The Labute approximate surface area is 102 Å². The van der Waals surface area contributed by atoms with E-state index in [0.717, 1.165) is 0 Å². The van der Waals surface area contributed by atoms with Gasteiger partial charge in [-0.2, -0.15) is 0 Å². The van der Waals surface area contributed by atoms with E-state index in [1.54, 1.807) is 20.8 Å². The third-order valence-electron chi connectivity index (χ3n) is 1.92. The lowest BCUT2D eigenvalue weighted by atomic mass is 10.0. The van der Waals surface area contributed by atoms with Gasteiger partial charge in [0.2, 0.25) is 0 Å². The van der Waals surface area contributed by atoms with Gasteiger partial charge >= 0.3 is 12.1 Å². The van der Waals surface area contributed by atoms with Gasteiger partial charge in [0.15, 0.2) is 3.42 Å². The summed E-state index contributed by atoms with van der Waals surface area (Å²) in [6, 6.07) is 0. The Morgan fingerprint density at radius 3 is 2.20 bits per heavy atom. The second-order valence-corrected chi connectivity index (χ2v) is 6.67. The number of hydrogen-bond donors (Lipinski definition) is 1. The Balaban J connectivity index is 2.46. The van der Waals surface area contributed by atoms with Crippen LogP contribution >= 0.6 is 22.6 Å². The fourth-order valence-corrected chi connectivity index (χ4v) is 1.97. The van der Waals surface area contributed by atoms with Gasteiger partial charge in [-0.05, 0) is 20.8 Å². The first-order valence-electron chi connectivity index (χ1n) is 4.54. The number of carboxylic acids is 1. The standard InChI is InChI=1S/C9H14INO4/c1-8(2,3)15-7(14)11-4-9(10,5-11)6(12)13/h4-5H2,1-3H3,(H,12,13). The number of carbonyl (C=O) groups is 2. The van der Waals surface area contributed by atoms with Gasteiger partial charge in [-0.15, -0.1) is 0 Å². The number of alkyl halides is 1. The molecule has 1 amide bonds. The Morgan fingerprint density at radius 2 is 1.87 bits per heavy atom. The number of amides is 1. The lowest BCUT2D eigenvalue weighted by Gasteiger charge is -2.43. The monoisotopic (exact) mass is 327 g/mol. The van der Waals surface area contributed by atoms with Gasteiger partial charge < -0.3 is 14.7 Å². The zero-order chi connectivity index (χ0) is 11.9. The molecule has 6 heteroatoms. The van der Waals surface area contributed by atoms with Crippen molar-refractivity contribution < 1.29 is 19.4 Å². The van der Waals surface area contributed by atoms with E-state index in [0.29, 0.717) is 0 Å². The first kappa shape index (κ1) is 12.5. The number of halogens is 1. The Hall–Kier alpha value is -0.530. The summed E-state index contributed by atoms with van der Waals surface area (Å²) in [5, 5.41) is 8.84. The molecule has 86 valence electrons. The molecule has 0 radical (unpaired) electrons. The maximum absolute atomic E-state index is 11.5. The van der Waals surface area contributed by atoms with Crippen LogP contribution < -0.4 is 0 Å². The van der Waals surface area contributed by atoms with Crippen LogP contribution in [-0.2, 0) is 9.53 Å². The average molecular weight is 327 g/mol. The highest BCUT2D eigenvalue weighted by atomic mass is 127. The van der Waals surface area contributed by atoms with Gasteiger partial charge in [0.25, 0.3) is 0 Å². The van der Waals surface area contributed by atoms with Gasteiger partial charge in [0, 0.05) is 0 Å². The van der Waals surface area contributed by atoms with Crippen molar-refractivity contribution in [2.24, 2.45) is 0 Å². The molecule has 1 heterocycles. The fourth-order valence-electron chi connectivity index (χ4n) is 1.15. The molecule has 0 unspecified atom stereocenters. The van der Waals surface area contributed by atoms with Gasteiger partial charge in [-0.3, -0.25) is 4.79 Å². The zero-order valence-electron chi connectivity index (χ0n) is 8.91. The Kier molecular flexibility index (Phi) is 3.18. The van der Waals surface area contributed by atoms with Crippen molar-refractivity contribution in [1.29, 1.82) is 0 Å².